The Bertz CT molecular complexity index is 212. The molecule has 82 valence electrons. The van der Waals surface area contributed by atoms with Crippen LogP contribution in [0.25, 0.3) is 6.08 Å². The summed E-state index contributed by atoms with van der Waals surface area (Å²) >= 11 is 5.36. The molecule has 0 aromatic heterocycles. The first-order chi connectivity index (χ1) is 5.43. The van der Waals surface area contributed by atoms with E-state index in [0.29, 0.717) is 0 Å². The van der Waals surface area contributed by atoms with Gasteiger partial charge in [0.15, 0.2) is 0 Å². The molecule has 0 saturated heterocycles. The smallest absolute Gasteiger partial charge is 0.00484 e. The molecule has 0 radical (unpaired) electrons. The topological polar surface area (TPSA) is 0 Å². The molecule has 1 aromatic carbocycles. The summed E-state index contributed by atoms with van der Waals surface area (Å²) in [5.74, 6) is 0. The lowest BCUT2D eigenvalue weighted by molar-refractivity contribution is 1.11. The van der Waals surface area contributed by atoms with E-state index in [1.807, 2.05) is 36.4 Å². The SMILES string of the molecule is C=C.ClC=Cc1ccccc1.F.F.F. The largest absolute Gasteiger partial charge is 0.269 e. The van der Waals surface area contributed by atoms with Crippen molar-refractivity contribution in [1.29, 1.82) is 0 Å². The van der Waals surface area contributed by atoms with Gasteiger partial charge < -0.3 is 0 Å². The highest BCUT2D eigenvalue weighted by molar-refractivity contribution is 6.27. The Balaban J connectivity index is -0.0000000942. The summed E-state index contributed by atoms with van der Waals surface area (Å²) in [6, 6.07) is 9.93. The van der Waals surface area contributed by atoms with E-state index in [9.17, 15) is 0 Å². The van der Waals surface area contributed by atoms with Crippen LogP contribution in [0.3, 0.4) is 0 Å². The molecule has 0 aliphatic heterocycles. The standard InChI is InChI=1S/C8H7Cl.C2H4.3FH/c9-7-6-8-4-2-1-3-5-8;1-2;;;/h1-7H;1-2H2;3*1H. The molecule has 0 atom stereocenters. The summed E-state index contributed by atoms with van der Waals surface area (Å²) in [5.41, 5.74) is 2.64. The third-order valence-corrected chi connectivity index (χ3v) is 1.18. The van der Waals surface area contributed by atoms with Crippen LogP contribution in [0, 0.1) is 0 Å². The van der Waals surface area contributed by atoms with Crippen LogP contribution in [-0.2, 0) is 0 Å². The Morgan fingerprint density at radius 3 is 1.71 bits per heavy atom. The van der Waals surface area contributed by atoms with Gasteiger partial charge in [-0.05, 0) is 11.6 Å². The number of rotatable bonds is 1. The Morgan fingerprint density at radius 2 is 1.36 bits per heavy atom. The summed E-state index contributed by atoms with van der Waals surface area (Å²) in [6.07, 6.45) is 1.85. The van der Waals surface area contributed by atoms with E-state index in [4.69, 9.17) is 11.6 Å². The van der Waals surface area contributed by atoms with E-state index in [-0.39, 0.29) is 14.1 Å². The minimum atomic E-state index is 0. The first-order valence-corrected chi connectivity index (χ1v) is 3.69. The zero-order chi connectivity index (χ0) is 8.53. The highest BCUT2D eigenvalue weighted by Gasteiger charge is 1.78. The van der Waals surface area contributed by atoms with Crippen molar-refractivity contribution in [2.75, 3.05) is 0 Å². The second-order valence-electron chi connectivity index (χ2n) is 1.70. The summed E-state index contributed by atoms with van der Waals surface area (Å²) in [6.45, 7) is 6.00. The average Bonchev–Trinajstić information content (AvgIpc) is 2.11. The summed E-state index contributed by atoms with van der Waals surface area (Å²) in [5, 5.41) is 0. The van der Waals surface area contributed by atoms with Gasteiger partial charge in [-0.15, -0.1) is 13.2 Å². The first kappa shape index (κ1) is 23.0. The van der Waals surface area contributed by atoms with Crippen molar-refractivity contribution in [3.05, 3.63) is 54.6 Å². The van der Waals surface area contributed by atoms with Crippen molar-refractivity contribution in [2.24, 2.45) is 0 Å². The van der Waals surface area contributed by atoms with E-state index in [1.54, 1.807) is 0 Å². The highest BCUT2D eigenvalue weighted by Crippen LogP contribution is 2.00. The number of benzene rings is 1. The van der Waals surface area contributed by atoms with Crippen LogP contribution >= 0.6 is 11.6 Å². The molecule has 0 spiro atoms. The molecule has 0 aliphatic carbocycles. The van der Waals surface area contributed by atoms with Gasteiger partial charge in [0.05, 0.1) is 0 Å². The average molecular weight is 227 g/mol. The molecular formula is C10H14ClF3. The third kappa shape index (κ3) is 10.8. The van der Waals surface area contributed by atoms with Gasteiger partial charge in [-0.3, -0.25) is 14.1 Å². The quantitative estimate of drug-likeness (QED) is 0.631. The van der Waals surface area contributed by atoms with Crippen LogP contribution in [0.15, 0.2) is 49.0 Å². The second-order valence-corrected chi connectivity index (χ2v) is 1.96. The Morgan fingerprint density at radius 1 is 0.929 bits per heavy atom. The van der Waals surface area contributed by atoms with Gasteiger partial charge in [-0.2, -0.15) is 0 Å². The fourth-order valence-electron chi connectivity index (χ4n) is 0.637. The van der Waals surface area contributed by atoms with Crippen molar-refractivity contribution >= 4 is 17.7 Å². The van der Waals surface area contributed by atoms with Crippen molar-refractivity contribution in [1.82, 2.24) is 0 Å². The van der Waals surface area contributed by atoms with Gasteiger partial charge in [0.1, 0.15) is 0 Å². The third-order valence-electron chi connectivity index (χ3n) is 1.06. The van der Waals surface area contributed by atoms with E-state index >= 15 is 0 Å². The van der Waals surface area contributed by atoms with Gasteiger partial charge in [0.25, 0.3) is 0 Å². The molecule has 0 fully saturated rings. The van der Waals surface area contributed by atoms with Crippen molar-refractivity contribution in [3.63, 3.8) is 0 Å². The lowest BCUT2D eigenvalue weighted by Gasteiger charge is -1.86. The van der Waals surface area contributed by atoms with Crippen LogP contribution in [0.5, 0.6) is 0 Å². The molecule has 0 N–H and O–H groups in total. The van der Waals surface area contributed by atoms with Crippen LogP contribution in [0.1, 0.15) is 5.56 Å². The minimum absolute atomic E-state index is 0. The molecule has 0 nitrogen and oxygen atoms in total. The lowest BCUT2D eigenvalue weighted by Crippen LogP contribution is -1.64. The van der Waals surface area contributed by atoms with Crippen LogP contribution in [0.2, 0.25) is 0 Å². The first-order valence-electron chi connectivity index (χ1n) is 3.25. The molecule has 1 rings (SSSR count). The van der Waals surface area contributed by atoms with E-state index in [2.05, 4.69) is 13.2 Å². The molecule has 4 heteroatoms. The Kier molecular flexibility index (Phi) is 29.2. The molecule has 0 amide bonds. The van der Waals surface area contributed by atoms with Gasteiger partial charge in [0, 0.05) is 5.54 Å². The Hall–Kier alpha value is -1.22. The molecular weight excluding hydrogens is 213 g/mol. The van der Waals surface area contributed by atoms with Gasteiger partial charge >= 0.3 is 0 Å². The maximum atomic E-state index is 5.36. The zero-order valence-corrected chi connectivity index (χ0v) is 8.31. The predicted molar refractivity (Wildman–Crippen MR) is 60.1 cm³/mol. The van der Waals surface area contributed by atoms with Gasteiger partial charge in [-0.25, -0.2) is 0 Å². The van der Waals surface area contributed by atoms with Gasteiger partial charge in [0.2, 0.25) is 0 Å². The second kappa shape index (κ2) is 17.8. The maximum absolute atomic E-state index is 5.36. The maximum Gasteiger partial charge on any atom is 0.00484 e. The minimum Gasteiger partial charge on any atom is -0.269 e. The molecule has 0 heterocycles. The van der Waals surface area contributed by atoms with Gasteiger partial charge in [-0.1, -0.05) is 41.9 Å². The van der Waals surface area contributed by atoms with Crippen molar-refractivity contribution in [2.45, 2.75) is 0 Å². The highest BCUT2D eigenvalue weighted by atomic mass is 35.5. The van der Waals surface area contributed by atoms with E-state index in [1.165, 1.54) is 5.54 Å². The monoisotopic (exact) mass is 226 g/mol. The summed E-state index contributed by atoms with van der Waals surface area (Å²) < 4.78 is 0. The van der Waals surface area contributed by atoms with Crippen LogP contribution in [-0.4, -0.2) is 0 Å². The molecule has 0 unspecified atom stereocenters. The number of hydrogen-bond donors (Lipinski definition) is 0. The summed E-state index contributed by atoms with van der Waals surface area (Å²) in [4.78, 5) is 0. The number of hydrogen-bond acceptors (Lipinski definition) is 0. The molecule has 1 aromatic rings. The van der Waals surface area contributed by atoms with E-state index < -0.39 is 0 Å². The van der Waals surface area contributed by atoms with Crippen LogP contribution < -0.4 is 0 Å². The van der Waals surface area contributed by atoms with E-state index in [0.717, 1.165) is 5.56 Å². The summed E-state index contributed by atoms with van der Waals surface area (Å²) in [7, 11) is 0. The molecule has 0 aliphatic rings. The predicted octanol–water partition coefficient (Wildman–Crippen LogP) is 4.16. The van der Waals surface area contributed by atoms with Crippen LogP contribution in [0.4, 0.5) is 14.1 Å². The van der Waals surface area contributed by atoms with Crippen molar-refractivity contribution < 1.29 is 14.1 Å². The molecule has 14 heavy (non-hydrogen) atoms. The lowest BCUT2D eigenvalue weighted by atomic mass is 10.2. The normalized spacial score (nSPS) is 6.93. The number of halogens is 4. The zero-order valence-electron chi connectivity index (χ0n) is 7.56. The fourth-order valence-corrected chi connectivity index (χ4v) is 0.782. The fraction of sp³-hybridized carbons (Fsp3) is 0. The van der Waals surface area contributed by atoms with Crippen molar-refractivity contribution in [3.8, 4) is 0 Å². The Labute approximate surface area is 87.0 Å². The molecule has 0 saturated carbocycles. The molecule has 0 bridgehead atoms.